The Kier molecular flexibility index (Phi) is 54.7. The molecular weight excluding hydrogens is 1710 g/mol. The fourth-order valence-corrected chi connectivity index (χ4v) is 15.0. The average molecular weight is 1850 g/mol. The fraction of sp³-hybridized carbons (Fsp3) is 0.863. The van der Waals surface area contributed by atoms with Crippen LogP contribution in [-0.2, 0) is 109 Å². The lowest BCUT2D eigenvalue weighted by Crippen LogP contribution is -2.64. The monoisotopic (exact) mass is 1850 g/mol. The SMILES string of the molecule is CC(=O)N[C@H]1[C@H](OCCCCC(=O)NCCCNC(=O)CCOC[C@H]2O[C@@H](NC(=O)CCCCCCCCCCC(=O)N3C[C@H](O)C[C@H]3CO[P+](=O)O)[C@H](F)[C@@H](OCCC(=O)NCCCNC(=O)CCCCO[C@@H]3O[C@H](CO)[C@H](O)[C@H](O)[C@H]3NC(C)=O)[C@@H]2OCCC(=O)NCCCNC(=O)CCCCO[C@@H]2O[C@H](CO)[C@H](O)[C@H](O)[C@H]2NC(C)=O)O[C@H](CO)[C@H](O)[C@@H]1O. The molecule has 23 atom stereocenters. The molecule has 5 heterocycles. The number of β-amino-alcohol motifs (C(OH)–C–C–N with tert-alkyl or cyclic N) is 1. The van der Waals surface area contributed by atoms with E-state index >= 15 is 4.39 Å². The maximum absolute atomic E-state index is 17.3. The highest BCUT2D eigenvalue weighted by Crippen LogP contribution is 2.31. The molecule has 0 aromatic heterocycles. The molecule has 0 aromatic carbocycles. The number of nitrogens with one attached hydrogen (secondary N) is 10. The first-order chi connectivity index (χ1) is 60.8. The Bertz CT molecular complexity index is 3290. The number of unbranched alkanes of at least 4 members (excludes halogenated alkanes) is 10. The van der Waals surface area contributed by atoms with Crippen LogP contribution in [0.3, 0.4) is 0 Å². The second kappa shape index (κ2) is 62.6. The first-order valence-corrected chi connectivity index (χ1v) is 45.3. The standard InChI is InChI=1S/C80H139FN11O34P/c1-48(96)88-66-72(111)69(108)53(43-93)124-78(66)119-35-15-12-21-57(100)82-29-18-32-85-60(103)26-38-116-47-56-75(117-39-27-61(104)86-33-19-30-83-58(101)22-13-16-36-120-79-67(89-49(2)97)73(112)70(109)54(44-94)125-79)76(65(81)77(123-56)91-63(106)24-10-8-6-4-5-7-9-11-25-64(107)92-42-52(99)41-51(92)46-122-127(114)115)118-40-28-62(105)87-34-20-31-84-59(102)23-14-17-37-121-80-68(90-50(3)98)74(113)71(110)55(45-95)126-80/h51-56,65-80,93-95,99,108-113H,4-47H2,1-3H3,(H10-,82,83,84,85,86,87,88,89,90,91,96,97,98,100,101,102,103,104,105,106,114,115)/p+1/t51-,52+,53+,54+,55+,56+,65+,66+,67+,68+,69-,70-,71-,72+,73+,74+,75+,76+,77+,78+,79+,80+/m0/s1. The number of hydrogen-bond donors (Lipinski definition) is 21. The molecule has 0 saturated carbocycles. The van der Waals surface area contributed by atoms with Crippen molar-refractivity contribution in [2.24, 2.45) is 0 Å². The van der Waals surface area contributed by atoms with E-state index in [1.807, 2.05) is 0 Å². The van der Waals surface area contributed by atoms with E-state index in [9.17, 15) is 108 Å². The van der Waals surface area contributed by atoms with Gasteiger partial charge in [-0.3, -0.25) is 52.7 Å². The molecular formula is C80H140FN11O34P+. The molecule has 0 aromatic rings. The van der Waals surface area contributed by atoms with Gasteiger partial charge in [0.1, 0.15) is 98.0 Å². The second-order valence-corrected chi connectivity index (χ2v) is 32.7. The minimum atomic E-state index is -2.85. The summed E-state index contributed by atoms with van der Waals surface area (Å²) in [4.78, 5) is 150. The number of carbonyl (C=O) groups is 11. The third-order valence-corrected chi connectivity index (χ3v) is 21.9. The van der Waals surface area contributed by atoms with Crippen molar-refractivity contribution in [3.05, 3.63) is 0 Å². The summed E-state index contributed by atoms with van der Waals surface area (Å²) in [6, 6.07) is -3.86. The van der Waals surface area contributed by atoms with E-state index in [1.54, 1.807) is 0 Å². The maximum atomic E-state index is 17.3. The number of alkyl halides is 1. The molecule has 5 aliphatic heterocycles. The summed E-state index contributed by atoms with van der Waals surface area (Å²) < 4.78 is 91.6. The number of amides is 11. The molecule has 730 valence electrons. The first kappa shape index (κ1) is 111. The number of nitrogens with zero attached hydrogens (tertiary/aromatic N) is 1. The molecule has 127 heavy (non-hydrogen) atoms. The Morgan fingerprint density at radius 2 is 0.717 bits per heavy atom. The van der Waals surface area contributed by atoms with E-state index in [1.165, 1.54) is 25.7 Å². The second-order valence-electron chi connectivity index (χ2n) is 32.0. The third-order valence-electron chi connectivity index (χ3n) is 21.6. The first-order valence-electron chi connectivity index (χ1n) is 44.2. The molecule has 11 amide bonds. The maximum Gasteiger partial charge on any atom is 0.694 e. The summed E-state index contributed by atoms with van der Waals surface area (Å²) in [6.45, 7) is 1.52. The van der Waals surface area contributed by atoms with Gasteiger partial charge < -0.3 is 157 Å². The van der Waals surface area contributed by atoms with Gasteiger partial charge in [0.2, 0.25) is 65.0 Å². The van der Waals surface area contributed by atoms with Gasteiger partial charge in [-0.15, -0.1) is 9.42 Å². The van der Waals surface area contributed by atoms with Crippen LogP contribution in [0.2, 0.25) is 0 Å². The summed E-state index contributed by atoms with van der Waals surface area (Å²) >= 11 is 0. The normalized spacial score (nSPS) is 27.8. The summed E-state index contributed by atoms with van der Waals surface area (Å²) in [5.41, 5.74) is 0. The predicted molar refractivity (Wildman–Crippen MR) is 441 cm³/mol. The van der Waals surface area contributed by atoms with Gasteiger partial charge in [0, 0.05) is 142 Å². The molecule has 45 nitrogen and oxygen atoms in total. The van der Waals surface area contributed by atoms with Crippen molar-refractivity contribution < 1.29 is 170 Å². The number of hydrogen-bond acceptors (Lipinski definition) is 33. The average Bonchev–Trinajstić information content (AvgIpc) is 1.72. The zero-order valence-electron chi connectivity index (χ0n) is 72.9. The van der Waals surface area contributed by atoms with Crippen molar-refractivity contribution in [3.63, 3.8) is 0 Å². The number of aliphatic hydroxyl groups is 10. The molecule has 0 spiro atoms. The highest BCUT2D eigenvalue weighted by atomic mass is 31.1. The smallest absolute Gasteiger partial charge is 0.394 e. The zero-order chi connectivity index (χ0) is 93.2. The number of aliphatic hydroxyl groups excluding tert-OH is 10. The van der Waals surface area contributed by atoms with Crippen molar-refractivity contribution in [1.82, 2.24) is 58.1 Å². The lowest BCUT2D eigenvalue weighted by molar-refractivity contribution is -0.270. The topological polar surface area (TPSA) is 652 Å². The quantitative estimate of drug-likeness (QED) is 0.0200. The van der Waals surface area contributed by atoms with Crippen LogP contribution in [-0.4, -0.2) is 379 Å². The van der Waals surface area contributed by atoms with Gasteiger partial charge in [-0.1, -0.05) is 38.5 Å². The van der Waals surface area contributed by atoms with Gasteiger partial charge in [-0.2, -0.15) is 0 Å². The van der Waals surface area contributed by atoms with Crippen LogP contribution in [0.25, 0.3) is 0 Å². The summed E-state index contributed by atoms with van der Waals surface area (Å²) in [6.07, 6.45) is -15.9. The predicted octanol–water partition coefficient (Wildman–Crippen LogP) is -5.09. The van der Waals surface area contributed by atoms with Crippen LogP contribution in [0.4, 0.5) is 4.39 Å². The fourth-order valence-electron chi connectivity index (χ4n) is 14.7. The minimum Gasteiger partial charge on any atom is -0.394 e. The van der Waals surface area contributed by atoms with Crippen LogP contribution in [0.5, 0.6) is 0 Å². The van der Waals surface area contributed by atoms with Crippen molar-refractivity contribution >= 4 is 73.2 Å². The van der Waals surface area contributed by atoms with Crippen molar-refractivity contribution in [2.45, 2.75) is 323 Å². The van der Waals surface area contributed by atoms with Gasteiger partial charge in [0.05, 0.1) is 58.4 Å². The van der Waals surface area contributed by atoms with Crippen molar-refractivity contribution in [2.75, 3.05) is 118 Å². The van der Waals surface area contributed by atoms with Crippen LogP contribution in [0.15, 0.2) is 0 Å². The van der Waals surface area contributed by atoms with Gasteiger partial charge in [0.15, 0.2) is 31.3 Å². The number of rotatable bonds is 64. The molecule has 0 bridgehead atoms. The molecule has 1 unspecified atom stereocenters. The van der Waals surface area contributed by atoms with E-state index in [2.05, 4.69) is 53.2 Å². The number of carbonyl (C=O) groups excluding carboxylic acids is 11. The molecule has 0 aliphatic carbocycles. The van der Waals surface area contributed by atoms with Crippen LogP contribution in [0.1, 0.15) is 188 Å². The highest BCUT2D eigenvalue weighted by Gasteiger charge is 2.51. The molecule has 47 heteroatoms. The molecule has 5 fully saturated rings. The van der Waals surface area contributed by atoms with Crippen molar-refractivity contribution in [1.29, 1.82) is 0 Å². The van der Waals surface area contributed by atoms with E-state index in [-0.39, 0.29) is 173 Å². The highest BCUT2D eigenvalue weighted by molar-refractivity contribution is 7.32. The van der Waals surface area contributed by atoms with Gasteiger partial charge in [-0.05, 0) is 77.0 Å². The molecule has 5 rings (SSSR count). The largest absolute Gasteiger partial charge is 0.694 e. The minimum absolute atomic E-state index is 0.0253. The zero-order valence-corrected chi connectivity index (χ0v) is 73.8. The van der Waals surface area contributed by atoms with Crippen molar-refractivity contribution in [3.8, 4) is 0 Å². The molecule has 5 saturated heterocycles. The number of halogens is 1. The summed E-state index contributed by atoms with van der Waals surface area (Å²) in [7, 11) is -2.85. The summed E-state index contributed by atoms with van der Waals surface area (Å²) in [5.74, 6) is -4.59. The Labute approximate surface area is 739 Å². The Morgan fingerprint density at radius 3 is 1.09 bits per heavy atom. The molecule has 5 aliphatic rings. The van der Waals surface area contributed by atoms with Crippen LogP contribution in [0, 0.1) is 0 Å². The van der Waals surface area contributed by atoms with Crippen LogP contribution >= 0.6 is 8.25 Å². The van der Waals surface area contributed by atoms with Gasteiger partial charge in [-0.25, -0.2) is 4.39 Å². The van der Waals surface area contributed by atoms with E-state index in [0.717, 1.165) is 32.1 Å². The molecule has 21 N–H and O–H groups in total. The Morgan fingerprint density at radius 1 is 0.378 bits per heavy atom. The number of ether oxygens (including phenoxy) is 10. The summed E-state index contributed by atoms with van der Waals surface area (Å²) in [5, 5.41) is 128. The Hall–Kier alpha value is -6.68. The molecule has 0 radical (unpaired) electrons. The lowest BCUT2D eigenvalue weighted by atomic mass is 9.97. The van der Waals surface area contributed by atoms with E-state index in [0.29, 0.717) is 77.0 Å². The Balaban J connectivity index is 1.14. The van der Waals surface area contributed by atoms with Crippen LogP contribution < -0.4 is 53.2 Å². The third kappa shape index (κ3) is 42.6. The van der Waals surface area contributed by atoms with Gasteiger partial charge in [0.25, 0.3) is 0 Å². The lowest BCUT2D eigenvalue weighted by Gasteiger charge is -2.43. The van der Waals surface area contributed by atoms with E-state index in [4.69, 9.17) is 56.8 Å². The van der Waals surface area contributed by atoms with E-state index < -0.39 is 211 Å². The van der Waals surface area contributed by atoms with Gasteiger partial charge >= 0.3 is 8.25 Å². The number of likely N-dealkylation sites (tertiary alicyclic amines) is 1.